The molecule has 0 saturated heterocycles. The Morgan fingerprint density at radius 2 is 1.80 bits per heavy atom. The Hall–Kier alpha value is -1.56. The van der Waals surface area contributed by atoms with Crippen molar-refractivity contribution in [2.45, 2.75) is 24.2 Å². The van der Waals surface area contributed by atoms with Gasteiger partial charge < -0.3 is 15.4 Å². The van der Waals surface area contributed by atoms with Crippen molar-refractivity contribution in [3.8, 4) is 5.75 Å². The smallest absolute Gasteiger partial charge is 0.406 e. The second-order valence-electron chi connectivity index (χ2n) is 4.84. The van der Waals surface area contributed by atoms with Crippen molar-refractivity contribution in [1.82, 2.24) is 15.4 Å². The topological polar surface area (TPSA) is 96.5 Å². The van der Waals surface area contributed by atoms with E-state index in [0.717, 1.165) is 24.3 Å². The van der Waals surface area contributed by atoms with Crippen molar-refractivity contribution in [3.63, 3.8) is 0 Å². The normalized spacial score (nSPS) is 12.8. The van der Waals surface area contributed by atoms with Crippen LogP contribution in [0.4, 0.5) is 13.2 Å². The lowest BCUT2D eigenvalue weighted by Crippen LogP contribution is -2.42. The third-order valence-electron chi connectivity index (χ3n) is 2.89. The number of benzene rings is 1. The van der Waals surface area contributed by atoms with E-state index in [1.54, 1.807) is 7.05 Å². The summed E-state index contributed by atoms with van der Waals surface area (Å²) in [6.45, 7) is 1.66. The van der Waals surface area contributed by atoms with Gasteiger partial charge in [0.05, 0.1) is 11.4 Å². The number of likely N-dealkylation sites (N-methyl/N-ethyl adjacent to an activating group) is 1. The summed E-state index contributed by atoms with van der Waals surface area (Å²) in [5, 5.41) is 5.41. The summed E-state index contributed by atoms with van der Waals surface area (Å²) in [6.07, 6.45) is -4.86. The number of halogens is 4. The quantitative estimate of drug-likeness (QED) is 0.600. The number of carbonyl (C=O) groups excluding carboxylic acids is 1. The number of carbonyl (C=O) groups is 1. The van der Waals surface area contributed by atoms with Crippen LogP contribution in [0.2, 0.25) is 0 Å². The molecule has 0 bridgehead atoms. The second-order valence-corrected chi connectivity index (χ2v) is 6.60. The summed E-state index contributed by atoms with van der Waals surface area (Å²) >= 11 is 0. The van der Waals surface area contributed by atoms with E-state index in [1.165, 1.54) is 0 Å². The van der Waals surface area contributed by atoms with E-state index in [4.69, 9.17) is 0 Å². The predicted octanol–water partition coefficient (Wildman–Crippen LogP) is 1.01. The van der Waals surface area contributed by atoms with E-state index in [0.29, 0.717) is 6.54 Å². The number of amides is 1. The summed E-state index contributed by atoms with van der Waals surface area (Å²) in [5.74, 6) is -1.07. The third-order valence-corrected chi connectivity index (χ3v) is 4.31. The maximum Gasteiger partial charge on any atom is 0.573 e. The molecular weight excluding hydrogens is 387 g/mol. The van der Waals surface area contributed by atoms with Crippen molar-refractivity contribution in [2.24, 2.45) is 0 Å². The molecule has 0 fully saturated rings. The molecule has 1 rings (SSSR count). The Kier molecular flexibility index (Phi) is 9.19. The van der Waals surface area contributed by atoms with Crippen molar-refractivity contribution in [1.29, 1.82) is 0 Å². The van der Waals surface area contributed by atoms with E-state index < -0.39 is 34.6 Å². The molecule has 25 heavy (non-hydrogen) atoms. The molecular formula is C13H19ClF3N3O4S. The minimum absolute atomic E-state index is 0. The number of nitrogens with one attached hydrogen (secondary N) is 3. The lowest BCUT2D eigenvalue weighted by molar-refractivity contribution is -0.274. The van der Waals surface area contributed by atoms with E-state index in [9.17, 15) is 26.4 Å². The maximum absolute atomic E-state index is 12.0. The van der Waals surface area contributed by atoms with Crippen molar-refractivity contribution < 1.29 is 31.1 Å². The van der Waals surface area contributed by atoms with Gasteiger partial charge >= 0.3 is 6.36 Å². The molecule has 3 N–H and O–H groups in total. The molecule has 0 radical (unpaired) electrons. The van der Waals surface area contributed by atoms with Crippen LogP contribution in [0.3, 0.4) is 0 Å². The Balaban J connectivity index is 0.00000576. The van der Waals surface area contributed by atoms with Gasteiger partial charge in [0.2, 0.25) is 15.9 Å². The van der Waals surface area contributed by atoms with Crippen LogP contribution < -0.4 is 20.1 Å². The monoisotopic (exact) mass is 405 g/mol. The van der Waals surface area contributed by atoms with Gasteiger partial charge in [-0.1, -0.05) is 0 Å². The Bertz CT molecular complexity index is 653. The summed E-state index contributed by atoms with van der Waals surface area (Å²) in [7, 11) is -2.31. The molecule has 1 amide bonds. The minimum Gasteiger partial charge on any atom is -0.406 e. The molecule has 0 saturated carbocycles. The highest BCUT2D eigenvalue weighted by Crippen LogP contribution is 2.23. The van der Waals surface area contributed by atoms with Crippen molar-refractivity contribution in [2.75, 3.05) is 20.1 Å². The molecule has 0 spiro atoms. The van der Waals surface area contributed by atoms with E-state index in [-0.39, 0.29) is 23.3 Å². The van der Waals surface area contributed by atoms with Gasteiger partial charge in [0.25, 0.3) is 0 Å². The molecule has 1 unspecified atom stereocenters. The highest BCUT2D eigenvalue weighted by molar-refractivity contribution is 7.89. The fourth-order valence-electron chi connectivity index (χ4n) is 1.50. The predicted molar refractivity (Wildman–Crippen MR) is 87.1 cm³/mol. The molecule has 0 aliphatic carbocycles. The molecule has 0 aliphatic heterocycles. The summed E-state index contributed by atoms with van der Waals surface area (Å²) < 4.78 is 65.7. The molecule has 12 heteroatoms. The first-order chi connectivity index (χ1) is 11.0. The van der Waals surface area contributed by atoms with Gasteiger partial charge in [-0.05, 0) is 38.2 Å². The van der Waals surface area contributed by atoms with Crippen molar-refractivity contribution >= 4 is 28.3 Å². The SMILES string of the molecule is CNC(C)CNC(=O)CNS(=O)(=O)c1ccc(OC(F)(F)F)cc1.Cl. The van der Waals surface area contributed by atoms with Gasteiger partial charge in [-0.15, -0.1) is 25.6 Å². The zero-order valence-electron chi connectivity index (χ0n) is 13.4. The zero-order chi connectivity index (χ0) is 18.4. The fraction of sp³-hybridized carbons (Fsp3) is 0.462. The Morgan fingerprint density at radius 1 is 1.24 bits per heavy atom. The third kappa shape index (κ3) is 8.91. The molecule has 0 aliphatic rings. The highest BCUT2D eigenvalue weighted by atomic mass is 35.5. The summed E-state index contributed by atoms with van der Waals surface area (Å²) in [6, 6.07) is 3.66. The largest absolute Gasteiger partial charge is 0.573 e. The van der Waals surface area contributed by atoms with E-state index >= 15 is 0 Å². The molecule has 1 aromatic rings. The Morgan fingerprint density at radius 3 is 2.28 bits per heavy atom. The lowest BCUT2D eigenvalue weighted by Gasteiger charge is -2.12. The number of sulfonamides is 1. The van der Waals surface area contributed by atoms with Crippen LogP contribution in [0.5, 0.6) is 5.75 Å². The van der Waals surface area contributed by atoms with Crippen LogP contribution in [-0.2, 0) is 14.8 Å². The summed E-state index contributed by atoms with van der Waals surface area (Å²) in [5.41, 5.74) is 0. The first kappa shape index (κ1) is 23.4. The van der Waals surface area contributed by atoms with Crippen LogP contribution in [0.25, 0.3) is 0 Å². The summed E-state index contributed by atoms with van der Waals surface area (Å²) in [4.78, 5) is 11.3. The van der Waals surface area contributed by atoms with Gasteiger partial charge in [0.15, 0.2) is 0 Å². The van der Waals surface area contributed by atoms with Crippen LogP contribution in [0.1, 0.15) is 6.92 Å². The van der Waals surface area contributed by atoms with E-state index in [2.05, 4.69) is 20.1 Å². The van der Waals surface area contributed by atoms with E-state index in [1.807, 2.05) is 6.92 Å². The van der Waals surface area contributed by atoms with Gasteiger partial charge in [0.1, 0.15) is 5.75 Å². The van der Waals surface area contributed by atoms with Gasteiger partial charge in [-0.25, -0.2) is 13.1 Å². The fourth-order valence-corrected chi connectivity index (χ4v) is 2.48. The second kappa shape index (κ2) is 9.80. The molecule has 7 nitrogen and oxygen atoms in total. The first-order valence-corrected chi connectivity index (χ1v) is 8.31. The van der Waals surface area contributed by atoms with Gasteiger partial charge in [-0.3, -0.25) is 4.79 Å². The van der Waals surface area contributed by atoms with Crippen LogP contribution in [0.15, 0.2) is 29.2 Å². The van der Waals surface area contributed by atoms with Crippen LogP contribution >= 0.6 is 12.4 Å². The molecule has 1 aromatic carbocycles. The molecule has 0 aromatic heterocycles. The molecule has 0 heterocycles. The minimum atomic E-state index is -4.86. The molecule has 144 valence electrons. The van der Waals surface area contributed by atoms with Crippen LogP contribution in [0, 0.1) is 0 Å². The zero-order valence-corrected chi connectivity index (χ0v) is 15.0. The maximum atomic E-state index is 12.0. The number of hydrogen-bond donors (Lipinski definition) is 3. The van der Waals surface area contributed by atoms with Crippen molar-refractivity contribution in [3.05, 3.63) is 24.3 Å². The Labute approximate surface area is 149 Å². The number of alkyl halides is 3. The number of hydrogen-bond acceptors (Lipinski definition) is 5. The molecule has 1 atom stereocenters. The van der Waals surface area contributed by atoms with Gasteiger partial charge in [0, 0.05) is 12.6 Å². The average molecular weight is 406 g/mol. The number of ether oxygens (including phenoxy) is 1. The van der Waals surface area contributed by atoms with Crippen LogP contribution in [-0.4, -0.2) is 46.9 Å². The first-order valence-electron chi connectivity index (χ1n) is 6.83. The standard InChI is InChI=1S/C13H18F3N3O4S.ClH/c1-9(17-2)7-18-12(20)8-19-24(21,22)11-5-3-10(4-6-11)23-13(14,15)16;/h3-6,9,17,19H,7-8H2,1-2H3,(H,18,20);1H. The lowest BCUT2D eigenvalue weighted by atomic mass is 10.3. The number of rotatable bonds is 8. The van der Waals surface area contributed by atoms with Gasteiger partial charge in [-0.2, -0.15) is 0 Å². The average Bonchev–Trinajstić information content (AvgIpc) is 2.49. The highest BCUT2D eigenvalue weighted by Gasteiger charge is 2.31.